The normalized spacial score (nSPS) is 15.6. The zero-order chi connectivity index (χ0) is 12.2. The molecule has 1 aliphatic carbocycles. The maximum Gasteiger partial charge on any atom is 0.0705 e. The van der Waals surface area contributed by atoms with E-state index in [-0.39, 0.29) is 0 Å². The van der Waals surface area contributed by atoms with Crippen LogP contribution in [0.1, 0.15) is 36.9 Å². The van der Waals surface area contributed by atoms with E-state index in [1.165, 1.54) is 48.9 Å². The molecule has 1 aromatic heterocycles. The molecule has 0 saturated carbocycles. The molecule has 0 radical (unpaired) electrons. The standard InChI is InChI=1S/C17H19N/c1-2-7-11-16-15(10-4-1)12-13-17(18-16)14-8-5-3-6-9-14/h3,5-6,8-9,12-13H,1-2,4,7,10-11H2. The summed E-state index contributed by atoms with van der Waals surface area (Å²) in [5.41, 5.74) is 5.14. The van der Waals surface area contributed by atoms with Crippen molar-refractivity contribution in [1.29, 1.82) is 0 Å². The molecule has 1 heterocycles. The van der Waals surface area contributed by atoms with Gasteiger partial charge in [0, 0.05) is 11.3 Å². The fraction of sp³-hybridized carbons (Fsp3) is 0.353. The molecule has 0 bridgehead atoms. The lowest BCUT2D eigenvalue weighted by molar-refractivity contribution is 0.609. The molecule has 0 atom stereocenters. The average molecular weight is 237 g/mol. The third-order valence-corrected chi connectivity index (χ3v) is 3.75. The molecule has 1 heteroatoms. The van der Waals surface area contributed by atoms with Gasteiger partial charge < -0.3 is 0 Å². The van der Waals surface area contributed by atoms with E-state index in [0.29, 0.717) is 0 Å². The van der Waals surface area contributed by atoms with Gasteiger partial charge >= 0.3 is 0 Å². The van der Waals surface area contributed by atoms with E-state index in [1.54, 1.807) is 0 Å². The number of nitrogens with zero attached hydrogens (tertiary/aromatic N) is 1. The van der Waals surface area contributed by atoms with Crippen molar-refractivity contribution in [1.82, 2.24) is 4.98 Å². The highest BCUT2D eigenvalue weighted by molar-refractivity contribution is 5.59. The van der Waals surface area contributed by atoms with Gasteiger partial charge in [-0.1, -0.05) is 49.2 Å². The Labute approximate surface area is 109 Å². The Hall–Kier alpha value is -1.63. The molecule has 2 aromatic rings. The summed E-state index contributed by atoms with van der Waals surface area (Å²) >= 11 is 0. The minimum atomic E-state index is 1.12. The van der Waals surface area contributed by atoms with E-state index in [2.05, 4.69) is 42.5 Å². The van der Waals surface area contributed by atoms with Crippen LogP contribution in [0.25, 0.3) is 11.3 Å². The summed E-state index contributed by atoms with van der Waals surface area (Å²) in [6.45, 7) is 0. The van der Waals surface area contributed by atoms with Crippen LogP contribution in [-0.4, -0.2) is 4.98 Å². The average Bonchev–Trinajstić information content (AvgIpc) is 2.40. The molecule has 18 heavy (non-hydrogen) atoms. The maximum absolute atomic E-state index is 4.89. The molecular weight excluding hydrogens is 218 g/mol. The van der Waals surface area contributed by atoms with Gasteiger partial charge in [-0.2, -0.15) is 0 Å². The highest BCUT2D eigenvalue weighted by Gasteiger charge is 2.09. The molecule has 0 saturated heterocycles. The van der Waals surface area contributed by atoms with E-state index >= 15 is 0 Å². The van der Waals surface area contributed by atoms with Crippen molar-refractivity contribution in [3.8, 4) is 11.3 Å². The fourth-order valence-corrected chi connectivity index (χ4v) is 2.71. The predicted octanol–water partition coefficient (Wildman–Crippen LogP) is 4.41. The largest absolute Gasteiger partial charge is 0.253 e. The summed E-state index contributed by atoms with van der Waals surface area (Å²) < 4.78 is 0. The van der Waals surface area contributed by atoms with Crippen LogP contribution in [0, 0.1) is 0 Å². The second-order valence-electron chi connectivity index (χ2n) is 5.08. The molecule has 0 amide bonds. The van der Waals surface area contributed by atoms with Crippen molar-refractivity contribution in [2.75, 3.05) is 0 Å². The molecule has 1 nitrogen and oxygen atoms in total. The van der Waals surface area contributed by atoms with Crippen molar-refractivity contribution < 1.29 is 0 Å². The Morgan fingerprint density at radius 3 is 2.33 bits per heavy atom. The van der Waals surface area contributed by atoms with Crippen LogP contribution < -0.4 is 0 Å². The first-order chi connectivity index (χ1) is 8.93. The second-order valence-corrected chi connectivity index (χ2v) is 5.08. The molecule has 0 fully saturated rings. The number of hydrogen-bond donors (Lipinski definition) is 0. The fourth-order valence-electron chi connectivity index (χ4n) is 2.71. The zero-order valence-electron chi connectivity index (χ0n) is 10.7. The minimum Gasteiger partial charge on any atom is -0.253 e. The van der Waals surface area contributed by atoms with Crippen LogP contribution in [0.2, 0.25) is 0 Å². The van der Waals surface area contributed by atoms with Gasteiger partial charge in [-0.05, 0) is 37.3 Å². The van der Waals surface area contributed by atoms with E-state index in [0.717, 1.165) is 12.1 Å². The van der Waals surface area contributed by atoms with E-state index in [4.69, 9.17) is 4.98 Å². The molecule has 0 N–H and O–H groups in total. The number of pyridine rings is 1. The number of fused-ring (bicyclic) bond motifs is 1. The van der Waals surface area contributed by atoms with Crippen LogP contribution in [0.3, 0.4) is 0 Å². The Kier molecular flexibility index (Phi) is 3.40. The van der Waals surface area contributed by atoms with Gasteiger partial charge in [-0.3, -0.25) is 4.98 Å². The summed E-state index contributed by atoms with van der Waals surface area (Å²) in [6, 6.07) is 14.9. The van der Waals surface area contributed by atoms with Gasteiger partial charge in [0.25, 0.3) is 0 Å². The highest BCUT2D eigenvalue weighted by Crippen LogP contribution is 2.23. The van der Waals surface area contributed by atoms with E-state index in [9.17, 15) is 0 Å². The minimum absolute atomic E-state index is 1.12. The maximum atomic E-state index is 4.89. The van der Waals surface area contributed by atoms with Gasteiger partial charge in [0.15, 0.2) is 0 Å². The van der Waals surface area contributed by atoms with E-state index in [1.807, 2.05) is 0 Å². The molecule has 0 unspecified atom stereocenters. The number of hydrogen-bond acceptors (Lipinski definition) is 1. The predicted molar refractivity (Wildman–Crippen MR) is 75.5 cm³/mol. The van der Waals surface area contributed by atoms with Crippen LogP contribution in [-0.2, 0) is 12.8 Å². The third-order valence-electron chi connectivity index (χ3n) is 3.75. The van der Waals surface area contributed by atoms with Gasteiger partial charge in [0.1, 0.15) is 0 Å². The van der Waals surface area contributed by atoms with Crippen LogP contribution in [0.4, 0.5) is 0 Å². The summed E-state index contributed by atoms with van der Waals surface area (Å²) in [5.74, 6) is 0. The van der Waals surface area contributed by atoms with Crippen molar-refractivity contribution in [3.63, 3.8) is 0 Å². The summed E-state index contributed by atoms with van der Waals surface area (Å²) in [6.07, 6.45) is 7.70. The second kappa shape index (κ2) is 5.34. The lowest BCUT2D eigenvalue weighted by Crippen LogP contribution is -2.03. The van der Waals surface area contributed by atoms with Crippen molar-refractivity contribution >= 4 is 0 Å². The zero-order valence-corrected chi connectivity index (χ0v) is 10.7. The molecular formula is C17H19N. The first-order valence-corrected chi connectivity index (χ1v) is 6.98. The molecule has 0 aliphatic heterocycles. The van der Waals surface area contributed by atoms with Gasteiger partial charge in [0.05, 0.1) is 5.69 Å². The smallest absolute Gasteiger partial charge is 0.0705 e. The Balaban J connectivity index is 1.96. The monoisotopic (exact) mass is 237 g/mol. The Morgan fingerprint density at radius 2 is 1.50 bits per heavy atom. The number of aryl methyl sites for hydroxylation is 2. The first kappa shape index (κ1) is 11.5. The number of aromatic nitrogens is 1. The molecule has 0 spiro atoms. The van der Waals surface area contributed by atoms with Crippen molar-refractivity contribution in [2.45, 2.75) is 38.5 Å². The SMILES string of the molecule is c1ccc(-c2ccc3c(n2)CCCCCC3)cc1. The lowest BCUT2D eigenvalue weighted by atomic mass is 9.96. The summed E-state index contributed by atoms with van der Waals surface area (Å²) in [7, 11) is 0. The topological polar surface area (TPSA) is 12.9 Å². The van der Waals surface area contributed by atoms with Gasteiger partial charge in [-0.25, -0.2) is 0 Å². The van der Waals surface area contributed by atoms with Crippen molar-refractivity contribution in [3.05, 3.63) is 53.7 Å². The molecule has 1 aliphatic rings. The Morgan fingerprint density at radius 1 is 0.722 bits per heavy atom. The molecule has 92 valence electrons. The lowest BCUT2D eigenvalue weighted by Gasteiger charge is -2.14. The highest BCUT2D eigenvalue weighted by atomic mass is 14.7. The van der Waals surface area contributed by atoms with Crippen LogP contribution >= 0.6 is 0 Å². The van der Waals surface area contributed by atoms with Crippen molar-refractivity contribution in [2.24, 2.45) is 0 Å². The Bertz CT molecular complexity index is 516. The third kappa shape index (κ3) is 2.45. The van der Waals surface area contributed by atoms with E-state index < -0.39 is 0 Å². The summed E-state index contributed by atoms with van der Waals surface area (Å²) in [5, 5.41) is 0. The number of rotatable bonds is 1. The van der Waals surface area contributed by atoms with Gasteiger partial charge in [0.2, 0.25) is 0 Å². The first-order valence-electron chi connectivity index (χ1n) is 6.98. The number of benzene rings is 1. The van der Waals surface area contributed by atoms with Crippen LogP contribution in [0.15, 0.2) is 42.5 Å². The quantitative estimate of drug-likeness (QED) is 0.716. The van der Waals surface area contributed by atoms with Gasteiger partial charge in [-0.15, -0.1) is 0 Å². The molecule has 1 aromatic carbocycles. The summed E-state index contributed by atoms with van der Waals surface area (Å²) in [4.78, 5) is 4.89. The molecule has 3 rings (SSSR count). The van der Waals surface area contributed by atoms with Crippen LogP contribution in [0.5, 0.6) is 0 Å².